The van der Waals surface area contributed by atoms with Crippen LogP contribution in [0.25, 0.3) is 0 Å². The van der Waals surface area contributed by atoms with Gasteiger partial charge < -0.3 is 4.74 Å². The summed E-state index contributed by atoms with van der Waals surface area (Å²) in [7, 11) is 1.66. The Bertz CT molecular complexity index is 696. The van der Waals surface area contributed by atoms with E-state index in [0.29, 0.717) is 0 Å². The van der Waals surface area contributed by atoms with Crippen molar-refractivity contribution in [2.24, 2.45) is 10.2 Å². The maximum atomic E-state index is 5.15. The summed E-state index contributed by atoms with van der Waals surface area (Å²) in [6.07, 6.45) is 3.78. The highest BCUT2D eigenvalue weighted by Gasteiger charge is 2.13. The first kappa shape index (κ1) is 16.1. The minimum atomic E-state index is 0.845. The first-order chi connectivity index (χ1) is 11.8. The first-order valence-corrected chi connectivity index (χ1v) is 8.15. The smallest absolute Gasteiger partial charge is 0.119 e. The summed E-state index contributed by atoms with van der Waals surface area (Å²) in [6.45, 7) is 0. The maximum Gasteiger partial charge on any atom is 0.119 e. The van der Waals surface area contributed by atoms with Crippen LogP contribution in [0.15, 0.2) is 64.8 Å². The minimum Gasteiger partial charge on any atom is -0.497 e. The number of methoxy groups -OCH3 is 1. The van der Waals surface area contributed by atoms with Crippen molar-refractivity contribution in [3.8, 4) is 5.75 Å². The molecule has 1 aliphatic carbocycles. The third-order valence-corrected chi connectivity index (χ3v) is 3.95. The van der Waals surface area contributed by atoms with Crippen LogP contribution in [-0.4, -0.2) is 18.5 Å². The SMILES string of the molecule is COc1ccc(NN=C2CCC(=NNc3ccccc3)CC2)cc1. The first-order valence-electron chi connectivity index (χ1n) is 8.15. The minimum absolute atomic E-state index is 0.845. The molecular weight excluding hydrogens is 300 g/mol. The van der Waals surface area contributed by atoms with Crippen molar-refractivity contribution in [1.29, 1.82) is 0 Å². The molecule has 5 heteroatoms. The molecule has 3 rings (SSSR count). The third-order valence-electron chi connectivity index (χ3n) is 3.95. The maximum absolute atomic E-state index is 5.15. The monoisotopic (exact) mass is 322 g/mol. The van der Waals surface area contributed by atoms with E-state index >= 15 is 0 Å². The lowest BCUT2D eigenvalue weighted by Crippen LogP contribution is -2.16. The molecule has 24 heavy (non-hydrogen) atoms. The molecule has 2 N–H and O–H groups in total. The number of anilines is 2. The average molecular weight is 322 g/mol. The Morgan fingerprint density at radius 3 is 1.71 bits per heavy atom. The Labute approximate surface area is 142 Å². The van der Waals surface area contributed by atoms with Crippen LogP contribution in [0.3, 0.4) is 0 Å². The highest BCUT2D eigenvalue weighted by molar-refractivity contribution is 5.98. The topological polar surface area (TPSA) is 58.0 Å². The molecule has 5 nitrogen and oxygen atoms in total. The Morgan fingerprint density at radius 1 is 0.708 bits per heavy atom. The second-order valence-electron chi connectivity index (χ2n) is 5.67. The summed E-state index contributed by atoms with van der Waals surface area (Å²) in [5.74, 6) is 0.845. The summed E-state index contributed by atoms with van der Waals surface area (Å²) in [4.78, 5) is 0. The standard InChI is InChI=1S/C19H22N4O/c1-24-19-13-11-18(12-14-19)23-22-17-9-7-16(8-10-17)21-20-15-5-3-2-4-6-15/h2-6,11-14,20,23H,7-10H2,1H3. The molecule has 0 aliphatic heterocycles. The van der Waals surface area contributed by atoms with Gasteiger partial charge >= 0.3 is 0 Å². The zero-order valence-corrected chi connectivity index (χ0v) is 13.8. The molecule has 0 spiro atoms. The molecule has 0 radical (unpaired) electrons. The normalized spacial score (nSPS) is 14.0. The molecule has 1 saturated carbocycles. The van der Waals surface area contributed by atoms with Crippen LogP contribution < -0.4 is 15.6 Å². The van der Waals surface area contributed by atoms with Crippen LogP contribution in [0.4, 0.5) is 11.4 Å². The molecule has 1 fully saturated rings. The van der Waals surface area contributed by atoms with Crippen molar-refractivity contribution >= 4 is 22.8 Å². The second-order valence-corrected chi connectivity index (χ2v) is 5.67. The van der Waals surface area contributed by atoms with Gasteiger partial charge in [-0.05, 0) is 62.1 Å². The molecule has 0 unspecified atom stereocenters. The molecule has 2 aromatic rings. The van der Waals surface area contributed by atoms with Gasteiger partial charge in [0.25, 0.3) is 0 Å². The van der Waals surface area contributed by atoms with Gasteiger partial charge in [-0.2, -0.15) is 10.2 Å². The van der Waals surface area contributed by atoms with E-state index in [1.54, 1.807) is 7.11 Å². The third kappa shape index (κ3) is 4.59. The summed E-state index contributed by atoms with van der Waals surface area (Å²) in [5, 5.41) is 9.01. The van der Waals surface area contributed by atoms with Gasteiger partial charge in [-0.25, -0.2) is 0 Å². The largest absolute Gasteiger partial charge is 0.497 e. The van der Waals surface area contributed by atoms with E-state index in [4.69, 9.17) is 4.74 Å². The van der Waals surface area contributed by atoms with Crippen LogP contribution in [0.1, 0.15) is 25.7 Å². The zero-order chi connectivity index (χ0) is 16.6. The number of nitrogens with one attached hydrogen (secondary N) is 2. The lowest BCUT2D eigenvalue weighted by molar-refractivity contribution is 0.415. The van der Waals surface area contributed by atoms with E-state index in [0.717, 1.165) is 42.8 Å². The van der Waals surface area contributed by atoms with Crippen molar-refractivity contribution in [3.05, 3.63) is 54.6 Å². The molecule has 2 aromatic carbocycles. The van der Waals surface area contributed by atoms with Crippen LogP contribution in [0, 0.1) is 0 Å². The number of hydrogen-bond acceptors (Lipinski definition) is 5. The van der Waals surface area contributed by atoms with Gasteiger partial charge in [0, 0.05) is 11.4 Å². The summed E-state index contributed by atoms with van der Waals surface area (Å²) < 4.78 is 5.15. The van der Waals surface area contributed by atoms with Crippen molar-refractivity contribution in [2.45, 2.75) is 25.7 Å². The number of para-hydroxylation sites is 1. The number of hydrogen-bond donors (Lipinski definition) is 2. The van der Waals surface area contributed by atoms with Gasteiger partial charge in [0.1, 0.15) is 5.75 Å². The molecule has 0 amide bonds. The van der Waals surface area contributed by atoms with Crippen molar-refractivity contribution < 1.29 is 4.74 Å². The van der Waals surface area contributed by atoms with Gasteiger partial charge in [0.05, 0.1) is 18.5 Å². The molecule has 0 atom stereocenters. The molecule has 0 heterocycles. The lowest BCUT2D eigenvalue weighted by atomic mass is 9.97. The van der Waals surface area contributed by atoms with Crippen LogP contribution in [-0.2, 0) is 0 Å². The number of rotatable bonds is 5. The molecule has 0 bridgehead atoms. The highest BCUT2D eigenvalue weighted by Crippen LogP contribution is 2.17. The van der Waals surface area contributed by atoms with Crippen LogP contribution in [0.5, 0.6) is 5.75 Å². The second kappa shape index (κ2) is 8.15. The van der Waals surface area contributed by atoms with E-state index in [-0.39, 0.29) is 0 Å². The average Bonchev–Trinajstić information content (AvgIpc) is 2.67. The Morgan fingerprint density at radius 2 is 1.21 bits per heavy atom. The number of ether oxygens (including phenoxy) is 1. The van der Waals surface area contributed by atoms with Crippen molar-refractivity contribution in [2.75, 3.05) is 18.0 Å². The zero-order valence-electron chi connectivity index (χ0n) is 13.8. The van der Waals surface area contributed by atoms with Crippen LogP contribution >= 0.6 is 0 Å². The number of nitrogens with zero attached hydrogens (tertiary/aromatic N) is 2. The van der Waals surface area contributed by atoms with Crippen molar-refractivity contribution in [3.63, 3.8) is 0 Å². The Balaban J connectivity index is 1.49. The fourth-order valence-electron chi connectivity index (χ4n) is 2.52. The number of hydrazone groups is 2. The van der Waals surface area contributed by atoms with E-state index in [9.17, 15) is 0 Å². The molecule has 0 saturated heterocycles. The predicted molar refractivity (Wildman–Crippen MR) is 100 cm³/mol. The highest BCUT2D eigenvalue weighted by atomic mass is 16.5. The predicted octanol–water partition coefficient (Wildman–Crippen LogP) is 4.51. The number of benzene rings is 2. The molecular formula is C19H22N4O. The lowest BCUT2D eigenvalue weighted by Gasteiger charge is -2.15. The molecule has 1 aliphatic rings. The summed E-state index contributed by atoms with van der Waals surface area (Å²) in [6, 6.07) is 17.8. The van der Waals surface area contributed by atoms with E-state index < -0.39 is 0 Å². The molecule has 124 valence electrons. The Hall–Kier alpha value is -2.82. The van der Waals surface area contributed by atoms with Gasteiger partial charge in [0.15, 0.2) is 0 Å². The fourth-order valence-corrected chi connectivity index (χ4v) is 2.52. The fraction of sp³-hybridized carbons (Fsp3) is 0.263. The van der Waals surface area contributed by atoms with Gasteiger partial charge in [-0.1, -0.05) is 18.2 Å². The Kier molecular flexibility index (Phi) is 5.45. The quantitative estimate of drug-likeness (QED) is 0.797. The van der Waals surface area contributed by atoms with Crippen LogP contribution in [0.2, 0.25) is 0 Å². The summed E-state index contributed by atoms with van der Waals surface area (Å²) in [5.41, 5.74) is 10.6. The van der Waals surface area contributed by atoms with E-state index in [1.165, 1.54) is 11.4 Å². The van der Waals surface area contributed by atoms with Gasteiger partial charge in [0.2, 0.25) is 0 Å². The molecule has 0 aromatic heterocycles. The summed E-state index contributed by atoms with van der Waals surface area (Å²) >= 11 is 0. The van der Waals surface area contributed by atoms with Crippen molar-refractivity contribution in [1.82, 2.24) is 0 Å². The van der Waals surface area contributed by atoms with E-state index in [2.05, 4.69) is 21.1 Å². The van der Waals surface area contributed by atoms with Gasteiger partial charge in [-0.15, -0.1) is 0 Å². The van der Waals surface area contributed by atoms with Gasteiger partial charge in [-0.3, -0.25) is 10.9 Å². The van der Waals surface area contributed by atoms with E-state index in [1.807, 2.05) is 54.6 Å².